The van der Waals surface area contributed by atoms with Crippen LogP contribution in [0.3, 0.4) is 0 Å². The Labute approximate surface area is 136 Å². The molecule has 0 radical (unpaired) electrons. The highest BCUT2D eigenvalue weighted by Crippen LogP contribution is 2.11. The Hall–Kier alpha value is -1.95. The molecule has 1 unspecified atom stereocenters. The van der Waals surface area contributed by atoms with Crippen molar-refractivity contribution < 1.29 is 19.1 Å². The van der Waals surface area contributed by atoms with Crippen molar-refractivity contribution in [3.63, 3.8) is 0 Å². The largest absolute Gasteiger partial charge is 0.389 e. The van der Waals surface area contributed by atoms with Gasteiger partial charge in [0.15, 0.2) is 0 Å². The van der Waals surface area contributed by atoms with Gasteiger partial charge in [0.2, 0.25) is 5.91 Å². The monoisotopic (exact) mass is 324 g/mol. The number of carbonyl (C=O) groups excluding carboxylic acids is 2. The summed E-state index contributed by atoms with van der Waals surface area (Å²) >= 11 is 0. The molecule has 0 aliphatic heterocycles. The molecule has 6 heteroatoms. The molecule has 1 aromatic carbocycles. The highest BCUT2D eigenvalue weighted by molar-refractivity contribution is 5.97. The summed E-state index contributed by atoms with van der Waals surface area (Å²) < 4.78 is 12.9. The first-order chi connectivity index (χ1) is 10.5. The maximum atomic E-state index is 12.9. The normalized spacial score (nSPS) is 12.9. The number of likely N-dealkylation sites (N-methyl/N-ethyl adjacent to an activating group) is 1. The molecule has 0 aromatic heterocycles. The lowest BCUT2D eigenvalue weighted by atomic mass is 10.0. The van der Waals surface area contributed by atoms with Crippen LogP contribution in [0.2, 0.25) is 0 Å². The average Bonchev–Trinajstić information content (AvgIpc) is 2.42. The number of carbonyl (C=O) groups is 2. The van der Waals surface area contributed by atoms with Crippen LogP contribution < -0.4 is 5.32 Å². The predicted octanol–water partition coefficient (Wildman–Crippen LogP) is 1.81. The number of nitrogens with one attached hydrogen (secondary N) is 1. The maximum absolute atomic E-state index is 12.9. The number of benzene rings is 1. The minimum Gasteiger partial charge on any atom is -0.389 e. The second-order valence-corrected chi connectivity index (χ2v) is 6.71. The molecular formula is C17H25FN2O3. The Morgan fingerprint density at radius 1 is 1.26 bits per heavy atom. The fourth-order valence-electron chi connectivity index (χ4n) is 2.24. The molecule has 0 fully saturated rings. The Kier molecular flexibility index (Phi) is 6.27. The first-order valence-electron chi connectivity index (χ1n) is 7.55. The number of hydrogen-bond acceptors (Lipinski definition) is 3. The Bertz CT molecular complexity index is 550. The SMILES string of the molecule is CC(C)C(NC(=O)c1ccc(F)cc1)C(=O)N(C)CC(C)(C)O. The van der Waals surface area contributed by atoms with E-state index in [1.54, 1.807) is 20.9 Å². The topological polar surface area (TPSA) is 69.6 Å². The number of amides is 2. The second kappa shape index (κ2) is 7.55. The summed E-state index contributed by atoms with van der Waals surface area (Å²) in [6, 6.07) is 4.41. The van der Waals surface area contributed by atoms with Gasteiger partial charge in [-0.15, -0.1) is 0 Å². The third-order valence-electron chi connectivity index (χ3n) is 3.33. The van der Waals surface area contributed by atoms with Crippen LogP contribution in [0.1, 0.15) is 38.1 Å². The summed E-state index contributed by atoms with van der Waals surface area (Å²) in [5, 5.41) is 12.5. The van der Waals surface area contributed by atoms with Crippen LogP contribution in [0.5, 0.6) is 0 Å². The molecule has 0 heterocycles. The molecule has 2 amide bonds. The quantitative estimate of drug-likeness (QED) is 0.838. The van der Waals surface area contributed by atoms with Gasteiger partial charge >= 0.3 is 0 Å². The number of halogens is 1. The fourth-order valence-corrected chi connectivity index (χ4v) is 2.24. The lowest BCUT2D eigenvalue weighted by molar-refractivity contribution is -0.135. The summed E-state index contributed by atoms with van der Waals surface area (Å²) in [6.45, 7) is 7.02. The van der Waals surface area contributed by atoms with Crippen LogP contribution in [-0.4, -0.2) is 47.1 Å². The van der Waals surface area contributed by atoms with E-state index >= 15 is 0 Å². The van der Waals surface area contributed by atoms with Crippen LogP contribution in [0.4, 0.5) is 4.39 Å². The van der Waals surface area contributed by atoms with E-state index in [9.17, 15) is 19.1 Å². The molecule has 0 aliphatic carbocycles. The molecule has 0 saturated heterocycles. The summed E-state index contributed by atoms with van der Waals surface area (Å²) in [5.41, 5.74) is -0.734. The number of hydrogen-bond donors (Lipinski definition) is 2. The molecule has 0 spiro atoms. The van der Waals surface area contributed by atoms with E-state index in [1.807, 2.05) is 13.8 Å². The molecule has 23 heavy (non-hydrogen) atoms. The average molecular weight is 324 g/mol. The zero-order valence-electron chi connectivity index (χ0n) is 14.3. The summed E-state index contributed by atoms with van der Waals surface area (Å²) in [5.74, 6) is -1.27. The second-order valence-electron chi connectivity index (χ2n) is 6.71. The lowest BCUT2D eigenvalue weighted by Gasteiger charge is -2.30. The molecule has 128 valence electrons. The van der Waals surface area contributed by atoms with E-state index in [-0.39, 0.29) is 23.9 Å². The maximum Gasteiger partial charge on any atom is 0.251 e. The third kappa shape index (κ3) is 5.98. The molecule has 1 aromatic rings. The number of aliphatic hydroxyl groups is 1. The molecular weight excluding hydrogens is 299 g/mol. The Balaban J connectivity index is 2.84. The minimum absolute atomic E-state index is 0.129. The van der Waals surface area contributed by atoms with E-state index in [0.717, 1.165) is 0 Å². The van der Waals surface area contributed by atoms with Crippen molar-refractivity contribution in [1.29, 1.82) is 0 Å². The van der Waals surface area contributed by atoms with Gasteiger partial charge in [0.25, 0.3) is 5.91 Å². The summed E-state index contributed by atoms with van der Waals surface area (Å²) in [4.78, 5) is 26.2. The number of rotatable bonds is 6. The molecule has 1 atom stereocenters. The van der Waals surface area contributed by atoms with E-state index in [4.69, 9.17) is 0 Å². The Morgan fingerprint density at radius 2 is 1.78 bits per heavy atom. The molecule has 5 nitrogen and oxygen atoms in total. The van der Waals surface area contributed by atoms with Crippen molar-refractivity contribution in [2.24, 2.45) is 5.92 Å². The van der Waals surface area contributed by atoms with E-state index in [1.165, 1.54) is 29.2 Å². The van der Waals surface area contributed by atoms with Gasteiger partial charge in [-0.2, -0.15) is 0 Å². The molecule has 2 N–H and O–H groups in total. The van der Waals surface area contributed by atoms with Crippen LogP contribution >= 0.6 is 0 Å². The van der Waals surface area contributed by atoms with Crippen molar-refractivity contribution in [2.45, 2.75) is 39.3 Å². The van der Waals surface area contributed by atoms with Gasteiger partial charge in [0.05, 0.1) is 5.60 Å². The number of nitrogens with zero attached hydrogens (tertiary/aromatic N) is 1. The minimum atomic E-state index is -1.02. The van der Waals surface area contributed by atoms with Gasteiger partial charge in [-0.3, -0.25) is 9.59 Å². The van der Waals surface area contributed by atoms with Gasteiger partial charge in [0.1, 0.15) is 11.9 Å². The van der Waals surface area contributed by atoms with Crippen molar-refractivity contribution in [2.75, 3.05) is 13.6 Å². The van der Waals surface area contributed by atoms with Crippen LogP contribution in [0, 0.1) is 11.7 Å². The van der Waals surface area contributed by atoms with Gasteiger partial charge in [0, 0.05) is 19.2 Å². The van der Waals surface area contributed by atoms with Crippen molar-refractivity contribution >= 4 is 11.8 Å². The van der Waals surface area contributed by atoms with Crippen LogP contribution in [-0.2, 0) is 4.79 Å². The third-order valence-corrected chi connectivity index (χ3v) is 3.33. The Morgan fingerprint density at radius 3 is 2.22 bits per heavy atom. The fraction of sp³-hybridized carbons (Fsp3) is 0.529. The summed E-state index contributed by atoms with van der Waals surface area (Å²) in [7, 11) is 1.58. The first-order valence-corrected chi connectivity index (χ1v) is 7.55. The van der Waals surface area contributed by atoms with Crippen molar-refractivity contribution in [3.05, 3.63) is 35.6 Å². The van der Waals surface area contributed by atoms with E-state index in [2.05, 4.69) is 5.32 Å². The van der Waals surface area contributed by atoms with E-state index < -0.39 is 23.4 Å². The zero-order chi connectivity index (χ0) is 17.8. The molecule has 0 saturated carbocycles. The standard InChI is InChI=1S/C17H25FN2O3/c1-11(2)14(16(22)20(5)10-17(3,4)23)19-15(21)12-6-8-13(18)9-7-12/h6-9,11,14,23H,10H2,1-5H3,(H,19,21). The zero-order valence-corrected chi connectivity index (χ0v) is 14.3. The van der Waals surface area contributed by atoms with Crippen LogP contribution in [0.15, 0.2) is 24.3 Å². The predicted molar refractivity (Wildman–Crippen MR) is 86.4 cm³/mol. The highest BCUT2D eigenvalue weighted by atomic mass is 19.1. The van der Waals surface area contributed by atoms with Gasteiger partial charge in [-0.25, -0.2) is 4.39 Å². The van der Waals surface area contributed by atoms with Crippen molar-refractivity contribution in [1.82, 2.24) is 10.2 Å². The van der Waals surface area contributed by atoms with E-state index in [0.29, 0.717) is 0 Å². The highest BCUT2D eigenvalue weighted by Gasteiger charge is 2.29. The van der Waals surface area contributed by atoms with Crippen molar-refractivity contribution in [3.8, 4) is 0 Å². The molecule has 0 aliphatic rings. The first kappa shape index (κ1) is 19.1. The van der Waals surface area contributed by atoms with Gasteiger partial charge in [-0.05, 0) is 44.0 Å². The lowest BCUT2D eigenvalue weighted by Crippen LogP contribution is -2.52. The van der Waals surface area contributed by atoms with Gasteiger partial charge < -0.3 is 15.3 Å². The summed E-state index contributed by atoms with van der Waals surface area (Å²) in [6.07, 6.45) is 0. The van der Waals surface area contributed by atoms with Crippen LogP contribution in [0.25, 0.3) is 0 Å². The molecule has 0 bridgehead atoms. The van der Waals surface area contributed by atoms with Gasteiger partial charge in [-0.1, -0.05) is 13.8 Å². The molecule has 1 rings (SSSR count). The smallest absolute Gasteiger partial charge is 0.251 e.